The van der Waals surface area contributed by atoms with Crippen molar-refractivity contribution in [1.29, 1.82) is 0 Å². The van der Waals surface area contributed by atoms with Crippen LogP contribution in [0, 0.1) is 0 Å². The van der Waals surface area contributed by atoms with E-state index in [1.54, 1.807) is 0 Å². The Balaban J connectivity index is 3.09. The summed E-state index contributed by atoms with van der Waals surface area (Å²) in [6.07, 6.45) is 17.5. The summed E-state index contributed by atoms with van der Waals surface area (Å²) in [7, 11) is 0. The minimum atomic E-state index is -0.0702. The lowest BCUT2D eigenvalue weighted by atomic mass is 10.1. The minimum absolute atomic E-state index is 0.0702. The molecule has 0 aromatic carbocycles. The first-order valence-electron chi connectivity index (χ1n) is 8.22. The van der Waals surface area contributed by atoms with Crippen LogP contribution in [0.15, 0.2) is 12.2 Å². The number of esters is 1. The minimum Gasteiger partial charge on any atom is -0.465 e. The molecule has 0 saturated heterocycles. The molecule has 0 aliphatic heterocycles. The number of allylic oxidation sites excluding steroid dienone is 2. The second-order valence-corrected chi connectivity index (χ2v) is 5.64. The Bertz CT molecular complexity index is 239. The highest BCUT2D eigenvalue weighted by molar-refractivity contribution is 7.80. The van der Waals surface area contributed by atoms with Gasteiger partial charge in [0.05, 0.1) is 0 Å². The van der Waals surface area contributed by atoms with Crippen molar-refractivity contribution in [1.82, 2.24) is 0 Å². The molecule has 0 aromatic heterocycles. The average molecular weight is 301 g/mol. The van der Waals surface area contributed by atoms with Crippen molar-refractivity contribution in [2.75, 3.05) is 12.4 Å². The van der Waals surface area contributed by atoms with Gasteiger partial charge in [-0.3, -0.25) is 4.79 Å². The van der Waals surface area contributed by atoms with Crippen LogP contribution in [0.25, 0.3) is 0 Å². The largest absolute Gasteiger partial charge is 0.465 e. The molecule has 0 N–H and O–H groups in total. The Morgan fingerprint density at radius 3 is 2.15 bits per heavy atom. The summed E-state index contributed by atoms with van der Waals surface area (Å²) >= 11 is 4.00. The number of carbonyl (C=O) groups excluding carboxylic acids is 1. The Hall–Kier alpha value is -0.440. The van der Waals surface area contributed by atoms with Crippen molar-refractivity contribution >= 4 is 18.6 Å². The van der Waals surface area contributed by atoms with Gasteiger partial charge < -0.3 is 4.74 Å². The third-order valence-electron chi connectivity index (χ3n) is 3.26. The fourth-order valence-electron chi connectivity index (χ4n) is 2.11. The first kappa shape index (κ1) is 19.6. The molecule has 0 heterocycles. The summed E-state index contributed by atoms with van der Waals surface area (Å²) in [6.45, 7) is 2.62. The molecule has 3 heteroatoms. The summed E-state index contributed by atoms with van der Waals surface area (Å²) in [4.78, 5) is 11.2. The molecular weight excluding hydrogens is 268 g/mol. The molecule has 118 valence electrons. The van der Waals surface area contributed by atoms with Crippen LogP contribution < -0.4 is 0 Å². The van der Waals surface area contributed by atoms with Crippen molar-refractivity contribution in [2.24, 2.45) is 0 Å². The van der Waals surface area contributed by atoms with Gasteiger partial charge in [0.1, 0.15) is 6.61 Å². The molecule has 0 bridgehead atoms. The van der Waals surface area contributed by atoms with Crippen molar-refractivity contribution in [3.63, 3.8) is 0 Å². The van der Waals surface area contributed by atoms with Gasteiger partial charge in [-0.2, -0.15) is 12.6 Å². The van der Waals surface area contributed by atoms with E-state index < -0.39 is 0 Å². The first-order chi connectivity index (χ1) is 9.81. The van der Waals surface area contributed by atoms with Gasteiger partial charge in [0, 0.05) is 12.2 Å². The molecule has 0 amide bonds. The topological polar surface area (TPSA) is 26.3 Å². The van der Waals surface area contributed by atoms with Gasteiger partial charge in [-0.05, 0) is 25.7 Å². The zero-order valence-corrected chi connectivity index (χ0v) is 14.0. The zero-order valence-electron chi connectivity index (χ0n) is 13.1. The van der Waals surface area contributed by atoms with E-state index in [-0.39, 0.29) is 5.97 Å². The van der Waals surface area contributed by atoms with Gasteiger partial charge in [0.2, 0.25) is 0 Å². The lowest BCUT2D eigenvalue weighted by Gasteiger charge is -2.03. The van der Waals surface area contributed by atoms with Crippen LogP contribution >= 0.6 is 12.6 Å². The van der Waals surface area contributed by atoms with E-state index in [4.69, 9.17) is 4.74 Å². The van der Waals surface area contributed by atoms with Gasteiger partial charge in [-0.25, -0.2) is 0 Å². The molecule has 0 fully saturated rings. The van der Waals surface area contributed by atoms with Gasteiger partial charge in [-0.15, -0.1) is 0 Å². The highest BCUT2D eigenvalue weighted by Crippen LogP contribution is 2.11. The van der Waals surface area contributed by atoms with Crippen molar-refractivity contribution in [3.8, 4) is 0 Å². The van der Waals surface area contributed by atoms with Crippen molar-refractivity contribution in [3.05, 3.63) is 12.2 Å². The number of hydrogen-bond donors (Lipinski definition) is 1. The van der Waals surface area contributed by atoms with E-state index in [0.29, 0.717) is 18.8 Å². The smallest absolute Gasteiger partial charge is 0.305 e. The van der Waals surface area contributed by atoms with E-state index in [1.165, 1.54) is 44.9 Å². The Morgan fingerprint density at radius 2 is 1.55 bits per heavy atom. The SMILES string of the molecule is CC/C=C/CCCCCCCCCCC(=O)OCCS. The Labute approximate surface area is 130 Å². The van der Waals surface area contributed by atoms with E-state index >= 15 is 0 Å². The number of ether oxygens (including phenoxy) is 1. The van der Waals surface area contributed by atoms with Crippen LogP contribution in [-0.2, 0) is 9.53 Å². The number of rotatable bonds is 14. The van der Waals surface area contributed by atoms with E-state index in [0.717, 1.165) is 19.3 Å². The van der Waals surface area contributed by atoms with E-state index in [1.807, 2.05) is 0 Å². The number of hydrogen-bond acceptors (Lipinski definition) is 3. The highest BCUT2D eigenvalue weighted by Gasteiger charge is 2.01. The second-order valence-electron chi connectivity index (χ2n) is 5.19. The molecule has 0 aliphatic rings. The number of unbranched alkanes of at least 4 members (excludes halogenated alkanes) is 8. The molecule has 0 spiro atoms. The number of thiol groups is 1. The third-order valence-corrected chi connectivity index (χ3v) is 3.44. The molecule has 0 saturated carbocycles. The fraction of sp³-hybridized carbons (Fsp3) is 0.824. The standard InChI is InChI=1S/C17H32O2S/c1-2-3-4-5-6-7-8-9-10-11-12-13-14-17(18)19-15-16-20/h3-4,20H,2,5-16H2,1H3/b4-3+. The van der Waals surface area contributed by atoms with E-state index in [9.17, 15) is 4.79 Å². The predicted octanol–water partition coefficient (Wildman–Crippen LogP) is 5.33. The molecule has 0 unspecified atom stereocenters. The molecular formula is C17H32O2S. The third kappa shape index (κ3) is 15.6. The molecule has 0 radical (unpaired) electrons. The Morgan fingerprint density at radius 1 is 0.950 bits per heavy atom. The van der Waals surface area contributed by atoms with Crippen molar-refractivity contribution in [2.45, 2.75) is 77.6 Å². The monoisotopic (exact) mass is 300 g/mol. The summed E-state index contributed by atoms with van der Waals surface area (Å²) in [5.41, 5.74) is 0. The van der Waals surface area contributed by atoms with Gasteiger partial charge in [0.25, 0.3) is 0 Å². The van der Waals surface area contributed by atoms with Crippen LogP contribution in [0.4, 0.5) is 0 Å². The van der Waals surface area contributed by atoms with E-state index in [2.05, 4.69) is 31.7 Å². The average Bonchev–Trinajstić information content (AvgIpc) is 2.46. The highest BCUT2D eigenvalue weighted by atomic mass is 32.1. The van der Waals surface area contributed by atoms with Gasteiger partial charge in [-0.1, -0.05) is 57.6 Å². The van der Waals surface area contributed by atoms with Crippen LogP contribution in [-0.4, -0.2) is 18.3 Å². The molecule has 2 nitrogen and oxygen atoms in total. The normalized spacial score (nSPS) is 11.1. The predicted molar refractivity (Wildman–Crippen MR) is 90.4 cm³/mol. The molecule has 0 atom stereocenters. The summed E-state index contributed by atoms with van der Waals surface area (Å²) in [6, 6.07) is 0. The fourth-order valence-corrected chi connectivity index (χ4v) is 2.20. The first-order valence-corrected chi connectivity index (χ1v) is 8.86. The van der Waals surface area contributed by atoms with Gasteiger partial charge >= 0.3 is 5.97 Å². The maximum Gasteiger partial charge on any atom is 0.305 e. The summed E-state index contributed by atoms with van der Waals surface area (Å²) < 4.78 is 4.97. The molecule has 0 aliphatic carbocycles. The molecule has 20 heavy (non-hydrogen) atoms. The maximum atomic E-state index is 11.2. The van der Waals surface area contributed by atoms with Gasteiger partial charge in [0.15, 0.2) is 0 Å². The van der Waals surface area contributed by atoms with Crippen LogP contribution in [0.3, 0.4) is 0 Å². The van der Waals surface area contributed by atoms with Crippen LogP contribution in [0.2, 0.25) is 0 Å². The zero-order chi connectivity index (χ0) is 14.9. The van der Waals surface area contributed by atoms with Crippen LogP contribution in [0.5, 0.6) is 0 Å². The molecule has 0 aromatic rings. The number of carbonyl (C=O) groups is 1. The summed E-state index contributed by atoms with van der Waals surface area (Å²) in [5, 5.41) is 0. The molecule has 0 rings (SSSR count). The lowest BCUT2D eigenvalue weighted by molar-refractivity contribution is -0.143. The Kier molecular flexibility index (Phi) is 16.2. The quantitative estimate of drug-likeness (QED) is 0.203. The second kappa shape index (κ2) is 16.6. The van der Waals surface area contributed by atoms with Crippen LogP contribution in [0.1, 0.15) is 77.6 Å². The summed E-state index contributed by atoms with van der Waals surface area (Å²) in [5.74, 6) is 0.541. The lowest BCUT2D eigenvalue weighted by Crippen LogP contribution is -2.06. The van der Waals surface area contributed by atoms with Crippen molar-refractivity contribution < 1.29 is 9.53 Å². The maximum absolute atomic E-state index is 11.2.